The number of rotatable bonds is 13. The van der Waals surface area contributed by atoms with E-state index in [1.165, 1.54) is 29.2 Å². The third kappa shape index (κ3) is 8.45. The van der Waals surface area contributed by atoms with Crippen LogP contribution in [0.2, 0.25) is 5.02 Å². The molecule has 0 fully saturated rings. The van der Waals surface area contributed by atoms with Crippen molar-refractivity contribution in [1.29, 1.82) is 0 Å². The van der Waals surface area contributed by atoms with E-state index in [1.807, 2.05) is 44.2 Å². The number of hydrogen-bond donors (Lipinski definition) is 1. The van der Waals surface area contributed by atoms with Crippen LogP contribution in [0.15, 0.2) is 108 Å². The van der Waals surface area contributed by atoms with Crippen LogP contribution in [0.3, 0.4) is 0 Å². The molecule has 0 aliphatic rings. The smallest absolute Gasteiger partial charge is 0.264 e. The monoisotopic (exact) mass is 635 g/mol. The number of benzene rings is 4. The fourth-order valence-electron chi connectivity index (χ4n) is 4.68. The molecule has 0 aliphatic carbocycles. The molecule has 0 spiro atoms. The number of hydrogen-bond acceptors (Lipinski definition) is 4. The molecule has 1 N–H and O–H groups in total. The number of nitrogens with zero attached hydrogens (tertiary/aromatic N) is 2. The Morgan fingerprint density at radius 3 is 2.11 bits per heavy atom. The lowest BCUT2D eigenvalue weighted by molar-refractivity contribution is -0.140. The summed E-state index contributed by atoms with van der Waals surface area (Å²) >= 11 is 6.11. The molecule has 7 nitrogen and oxygen atoms in total. The lowest BCUT2D eigenvalue weighted by atomic mass is 10.0. The van der Waals surface area contributed by atoms with Gasteiger partial charge in [-0.25, -0.2) is 12.8 Å². The van der Waals surface area contributed by atoms with Crippen LogP contribution in [0.5, 0.6) is 0 Å². The third-order valence-electron chi connectivity index (χ3n) is 7.09. The molecular formula is C34H35ClFN3O4S. The fraction of sp³-hybridized carbons (Fsp3) is 0.235. The highest BCUT2D eigenvalue weighted by molar-refractivity contribution is 7.92. The second-order valence-electron chi connectivity index (χ2n) is 10.4. The standard InChI is InChI=1S/C34H35ClFN3O4S/c1-3-21-37-34(41)32(22-26-7-5-4-6-8-26)38(23-27-11-13-28(35)14-12-27)33(40)24-39(30-17-15-29(36)16-18-30)44(42,43)31-19-9-25(2)10-20-31/h4-20,32H,3,21-24H2,1-2H3,(H,37,41). The molecule has 1 atom stereocenters. The second kappa shape index (κ2) is 15.0. The van der Waals surface area contributed by atoms with Gasteiger partial charge in [-0.3, -0.25) is 13.9 Å². The quantitative estimate of drug-likeness (QED) is 0.191. The Morgan fingerprint density at radius 2 is 1.50 bits per heavy atom. The number of carbonyl (C=O) groups is 2. The lowest BCUT2D eigenvalue weighted by Gasteiger charge is -2.34. The first-order valence-electron chi connectivity index (χ1n) is 14.3. The van der Waals surface area contributed by atoms with Gasteiger partial charge in [0.1, 0.15) is 18.4 Å². The normalized spacial score (nSPS) is 11.9. The van der Waals surface area contributed by atoms with Gasteiger partial charge in [-0.05, 0) is 73.0 Å². The number of carbonyl (C=O) groups excluding carboxylic acids is 2. The van der Waals surface area contributed by atoms with Gasteiger partial charge < -0.3 is 10.2 Å². The van der Waals surface area contributed by atoms with Crippen molar-refractivity contribution in [2.75, 3.05) is 17.4 Å². The van der Waals surface area contributed by atoms with Gasteiger partial charge in [0.2, 0.25) is 11.8 Å². The highest BCUT2D eigenvalue weighted by atomic mass is 35.5. The van der Waals surface area contributed by atoms with Gasteiger partial charge in [0.25, 0.3) is 10.0 Å². The van der Waals surface area contributed by atoms with Crippen molar-refractivity contribution < 1.29 is 22.4 Å². The Hall–Kier alpha value is -4.21. The number of aryl methyl sites for hydroxylation is 1. The number of anilines is 1. The Labute approximate surface area is 263 Å². The molecule has 0 heterocycles. The summed E-state index contributed by atoms with van der Waals surface area (Å²) in [6.45, 7) is 3.58. The SMILES string of the molecule is CCCNC(=O)C(Cc1ccccc1)N(Cc1ccc(Cl)cc1)C(=O)CN(c1ccc(F)cc1)S(=O)(=O)c1ccc(C)cc1. The number of sulfonamides is 1. The summed E-state index contributed by atoms with van der Waals surface area (Å²) in [5, 5.41) is 3.42. The van der Waals surface area contributed by atoms with E-state index in [-0.39, 0.29) is 29.5 Å². The van der Waals surface area contributed by atoms with E-state index < -0.39 is 34.3 Å². The van der Waals surface area contributed by atoms with Gasteiger partial charge in [0, 0.05) is 24.5 Å². The molecule has 0 aromatic heterocycles. The molecule has 4 aromatic rings. The molecule has 0 saturated carbocycles. The van der Waals surface area contributed by atoms with Crippen molar-refractivity contribution >= 4 is 39.1 Å². The molecule has 1 unspecified atom stereocenters. The molecule has 0 radical (unpaired) electrons. The van der Waals surface area contributed by atoms with Crippen molar-refractivity contribution in [3.63, 3.8) is 0 Å². The summed E-state index contributed by atoms with van der Waals surface area (Å²) in [6, 6.07) is 26.4. The maximum absolute atomic E-state index is 14.3. The maximum Gasteiger partial charge on any atom is 0.264 e. The van der Waals surface area contributed by atoms with Gasteiger partial charge in [-0.1, -0.05) is 78.7 Å². The van der Waals surface area contributed by atoms with Crippen LogP contribution in [0.1, 0.15) is 30.0 Å². The third-order valence-corrected chi connectivity index (χ3v) is 9.13. The molecule has 4 rings (SSSR count). The van der Waals surface area contributed by atoms with Crippen LogP contribution in [-0.2, 0) is 32.6 Å². The molecule has 0 saturated heterocycles. The molecule has 2 amide bonds. The van der Waals surface area contributed by atoms with Crippen LogP contribution in [0.25, 0.3) is 0 Å². The molecule has 44 heavy (non-hydrogen) atoms. The van der Waals surface area contributed by atoms with Crippen LogP contribution >= 0.6 is 11.6 Å². The van der Waals surface area contributed by atoms with Crippen molar-refractivity contribution in [2.45, 2.75) is 44.2 Å². The van der Waals surface area contributed by atoms with E-state index >= 15 is 0 Å². The van der Waals surface area contributed by atoms with Gasteiger partial charge >= 0.3 is 0 Å². The minimum absolute atomic E-state index is 0.0222. The lowest BCUT2D eigenvalue weighted by Crippen LogP contribution is -2.53. The zero-order valence-corrected chi connectivity index (χ0v) is 26.2. The zero-order valence-electron chi connectivity index (χ0n) is 24.6. The van der Waals surface area contributed by atoms with E-state index in [4.69, 9.17) is 11.6 Å². The summed E-state index contributed by atoms with van der Waals surface area (Å²) in [5.41, 5.74) is 2.52. The van der Waals surface area contributed by atoms with E-state index in [1.54, 1.807) is 36.4 Å². The predicted octanol–water partition coefficient (Wildman–Crippen LogP) is 6.15. The second-order valence-corrected chi connectivity index (χ2v) is 12.7. The first-order chi connectivity index (χ1) is 21.1. The van der Waals surface area contributed by atoms with Crippen LogP contribution in [-0.4, -0.2) is 44.3 Å². The Morgan fingerprint density at radius 1 is 0.864 bits per heavy atom. The Bertz CT molecular complexity index is 1650. The highest BCUT2D eigenvalue weighted by Crippen LogP contribution is 2.26. The summed E-state index contributed by atoms with van der Waals surface area (Å²) in [7, 11) is -4.26. The summed E-state index contributed by atoms with van der Waals surface area (Å²) in [6.07, 6.45) is 0.902. The highest BCUT2D eigenvalue weighted by Gasteiger charge is 2.34. The largest absolute Gasteiger partial charge is 0.354 e. The molecular weight excluding hydrogens is 601 g/mol. The van der Waals surface area contributed by atoms with Crippen LogP contribution in [0.4, 0.5) is 10.1 Å². The van der Waals surface area contributed by atoms with E-state index in [2.05, 4.69) is 5.32 Å². The maximum atomic E-state index is 14.3. The fourth-order valence-corrected chi connectivity index (χ4v) is 6.22. The van der Waals surface area contributed by atoms with Crippen molar-refractivity contribution in [1.82, 2.24) is 10.2 Å². The summed E-state index contributed by atoms with van der Waals surface area (Å²) < 4.78 is 42.8. The van der Waals surface area contributed by atoms with Crippen molar-refractivity contribution in [2.24, 2.45) is 0 Å². The van der Waals surface area contributed by atoms with Crippen LogP contribution < -0.4 is 9.62 Å². The van der Waals surface area contributed by atoms with Gasteiger partial charge in [0.15, 0.2) is 0 Å². The van der Waals surface area contributed by atoms with Gasteiger partial charge in [-0.15, -0.1) is 0 Å². The van der Waals surface area contributed by atoms with Crippen molar-refractivity contribution in [3.8, 4) is 0 Å². The van der Waals surface area contributed by atoms with Gasteiger partial charge in [0.05, 0.1) is 10.6 Å². The average molecular weight is 636 g/mol. The zero-order chi connectivity index (χ0) is 31.7. The topological polar surface area (TPSA) is 86.8 Å². The first-order valence-corrected chi connectivity index (χ1v) is 16.1. The molecule has 10 heteroatoms. The number of nitrogens with one attached hydrogen (secondary N) is 1. The molecule has 4 aromatic carbocycles. The van der Waals surface area contributed by atoms with E-state index in [9.17, 15) is 22.4 Å². The minimum atomic E-state index is -4.26. The Balaban J connectivity index is 1.78. The summed E-state index contributed by atoms with van der Waals surface area (Å²) in [5.74, 6) is -1.51. The Kier molecular flexibility index (Phi) is 11.1. The minimum Gasteiger partial charge on any atom is -0.354 e. The summed E-state index contributed by atoms with van der Waals surface area (Å²) in [4.78, 5) is 29.4. The first kappa shape index (κ1) is 32.7. The van der Waals surface area contributed by atoms with E-state index in [0.717, 1.165) is 27.6 Å². The number of halogens is 2. The predicted molar refractivity (Wildman–Crippen MR) is 171 cm³/mol. The molecule has 0 aliphatic heterocycles. The molecule has 230 valence electrons. The average Bonchev–Trinajstić information content (AvgIpc) is 3.02. The number of amides is 2. The van der Waals surface area contributed by atoms with Crippen LogP contribution in [0, 0.1) is 12.7 Å². The van der Waals surface area contributed by atoms with Crippen molar-refractivity contribution in [3.05, 3.63) is 131 Å². The molecule has 0 bridgehead atoms. The van der Waals surface area contributed by atoms with E-state index in [0.29, 0.717) is 23.6 Å². The van der Waals surface area contributed by atoms with Gasteiger partial charge in [-0.2, -0.15) is 0 Å².